The third-order valence-corrected chi connectivity index (χ3v) is 5.40. The fourth-order valence-corrected chi connectivity index (χ4v) is 3.97. The Hall–Kier alpha value is -1.86. The van der Waals surface area contributed by atoms with Crippen LogP contribution in [-0.2, 0) is 23.0 Å². The summed E-state index contributed by atoms with van der Waals surface area (Å²) in [5.74, 6) is 0. The van der Waals surface area contributed by atoms with Crippen molar-refractivity contribution < 1.29 is 8.42 Å². The van der Waals surface area contributed by atoms with Gasteiger partial charge in [-0.3, -0.25) is 8.99 Å². The SMILES string of the molecule is CNCCn1cc(S(=O)(=O)N2CCc3ccccc32)cn1. The highest BCUT2D eigenvalue weighted by molar-refractivity contribution is 7.92. The summed E-state index contributed by atoms with van der Waals surface area (Å²) in [5.41, 5.74) is 1.85. The maximum atomic E-state index is 12.7. The lowest BCUT2D eigenvalue weighted by atomic mass is 10.2. The number of hydrogen-bond donors (Lipinski definition) is 1. The van der Waals surface area contributed by atoms with Crippen molar-refractivity contribution >= 4 is 15.7 Å². The number of para-hydroxylation sites is 1. The molecule has 0 radical (unpaired) electrons. The van der Waals surface area contributed by atoms with Gasteiger partial charge in [0.15, 0.2) is 0 Å². The molecule has 0 spiro atoms. The van der Waals surface area contributed by atoms with E-state index in [1.54, 1.807) is 10.9 Å². The first-order chi connectivity index (χ1) is 10.1. The Bertz CT molecular complexity index is 739. The Kier molecular flexibility index (Phi) is 3.69. The number of anilines is 1. The Labute approximate surface area is 124 Å². The lowest BCUT2D eigenvalue weighted by Crippen LogP contribution is -2.28. The third kappa shape index (κ3) is 2.54. The molecule has 112 valence electrons. The van der Waals surface area contributed by atoms with E-state index in [9.17, 15) is 8.42 Å². The molecule has 1 aromatic heterocycles. The molecule has 1 aliphatic rings. The van der Waals surface area contributed by atoms with Crippen LogP contribution in [0.3, 0.4) is 0 Å². The first kappa shape index (κ1) is 14.1. The number of nitrogens with zero attached hydrogens (tertiary/aromatic N) is 3. The molecule has 0 aliphatic carbocycles. The number of fused-ring (bicyclic) bond motifs is 1. The molecule has 0 bridgehead atoms. The Balaban J connectivity index is 1.89. The molecule has 6 nitrogen and oxygen atoms in total. The van der Waals surface area contributed by atoms with Gasteiger partial charge in [0.25, 0.3) is 10.0 Å². The highest BCUT2D eigenvalue weighted by Gasteiger charge is 2.31. The summed E-state index contributed by atoms with van der Waals surface area (Å²) in [7, 11) is -1.68. The predicted molar refractivity (Wildman–Crippen MR) is 80.8 cm³/mol. The highest BCUT2D eigenvalue weighted by Crippen LogP contribution is 2.32. The molecule has 0 saturated carbocycles. The van der Waals surface area contributed by atoms with Crippen LogP contribution in [0.2, 0.25) is 0 Å². The molecule has 1 N–H and O–H groups in total. The second-order valence-electron chi connectivity index (χ2n) is 5.00. The van der Waals surface area contributed by atoms with E-state index < -0.39 is 10.0 Å². The zero-order chi connectivity index (χ0) is 14.9. The Morgan fingerprint density at radius 2 is 2.14 bits per heavy atom. The summed E-state index contributed by atoms with van der Waals surface area (Å²) >= 11 is 0. The van der Waals surface area contributed by atoms with Crippen molar-refractivity contribution in [1.29, 1.82) is 0 Å². The molecule has 0 atom stereocenters. The minimum absolute atomic E-state index is 0.246. The molecule has 0 unspecified atom stereocenters. The van der Waals surface area contributed by atoms with Crippen molar-refractivity contribution in [2.24, 2.45) is 0 Å². The average Bonchev–Trinajstić information content (AvgIpc) is 3.12. The number of likely N-dealkylation sites (N-methyl/N-ethyl adjacent to an activating group) is 1. The number of benzene rings is 1. The molecule has 1 aromatic carbocycles. The van der Waals surface area contributed by atoms with Crippen LogP contribution in [0.4, 0.5) is 5.69 Å². The van der Waals surface area contributed by atoms with Crippen LogP contribution in [0.1, 0.15) is 5.56 Å². The largest absolute Gasteiger partial charge is 0.318 e. The predicted octanol–water partition coefficient (Wildman–Crippen LogP) is 0.854. The summed E-state index contributed by atoms with van der Waals surface area (Å²) in [6, 6.07) is 7.63. The van der Waals surface area contributed by atoms with Gasteiger partial charge in [-0.15, -0.1) is 0 Å². The number of sulfonamides is 1. The van der Waals surface area contributed by atoms with E-state index in [0.29, 0.717) is 13.1 Å². The molecule has 2 aromatic rings. The van der Waals surface area contributed by atoms with Gasteiger partial charge in [0.2, 0.25) is 0 Å². The maximum absolute atomic E-state index is 12.7. The number of nitrogens with one attached hydrogen (secondary N) is 1. The van der Waals surface area contributed by atoms with E-state index in [2.05, 4.69) is 10.4 Å². The Morgan fingerprint density at radius 1 is 1.33 bits per heavy atom. The fourth-order valence-electron chi connectivity index (χ4n) is 2.51. The van der Waals surface area contributed by atoms with E-state index in [0.717, 1.165) is 24.2 Å². The summed E-state index contributed by atoms with van der Waals surface area (Å²) in [5, 5.41) is 7.13. The zero-order valence-electron chi connectivity index (χ0n) is 11.9. The molecule has 0 amide bonds. The van der Waals surface area contributed by atoms with Crippen molar-refractivity contribution in [3.8, 4) is 0 Å². The van der Waals surface area contributed by atoms with Crippen molar-refractivity contribution in [2.45, 2.75) is 17.9 Å². The highest BCUT2D eigenvalue weighted by atomic mass is 32.2. The quantitative estimate of drug-likeness (QED) is 0.889. The minimum Gasteiger partial charge on any atom is -0.318 e. The van der Waals surface area contributed by atoms with Gasteiger partial charge in [0.05, 0.1) is 18.4 Å². The summed E-state index contributed by atoms with van der Waals surface area (Å²) in [6.07, 6.45) is 3.77. The summed E-state index contributed by atoms with van der Waals surface area (Å²) in [4.78, 5) is 0.246. The standard InChI is InChI=1S/C14H18N4O2S/c1-15-7-9-17-11-13(10-16-17)21(19,20)18-8-6-12-4-2-3-5-14(12)18/h2-5,10-11,15H,6-9H2,1H3. The van der Waals surface area contributed by atoms with E-state index in [1.165, 1.54) is 10.5 Å². The molecule has 0 saturated heterocycles. The second kappa shape index (κ2) is 5.50. The monoisotopic (exact) mass is 306 g/mol. The van der Waals surface area contributed by atoms with Crippen molar-refractivity contribution in [3.05, 3.63) is 42.2 Å². The minimum atomic E-state index is -3.53. The van der Waals surface area contributed by atoms with Gasteiger partial charge in [-0.05, 0) is 25.1 Å². The van der Waals surface area contributed by atoms with Gasteiger partial charge in [-0.25, -0.2) is 8.42 Å². The lowest BCUT2D eigenvalue weighted by Gasteiger charge is -2.18. The lowest BCUT2D eigenvalue weighted by molar-refractivity contribution is 0.580. The van der Waals surface area contributed by atoms with Crippen molar-refractivity contribution in [1.82, 2.24) is 15.1 Å². The van der Waals surface area contributed by atoms with Crippen LogP contribution >= 0.6 is 0 Å². The van der Waals surface area contributed by atoms with Crippen LogP contribution in [0.25, 0.3) is 0 Å². The smallest absolute Gasteiger partial charge is 0.267 e. The molecule has 7 heteroatoms. The Morgan fingerprint density at radius 3 is 2.95 bits per heavy atom. The van der Waals surface area contributed by atoms with Crippen LogP contribution in [0, 0.1) is 0 Å². The van der Waals surface area contributed by atoms with E-state index in [-0.39, 0.29) is 4.90 Å². The summed E-state index contributed by atoms with van der Waals surface area (Å²) in [6.45, 7) is 1.87. The van der Waals surface area contributed by atoms with Gasteiger partial charge >= 0.3 is 0 Å². The topological polar surface area (TPSA) is 67.2 Å². The van der Waals surface area contributed by atoms with Gasteiger partial charge in [0, 0.05) is 19.3 Å². The normalized spacial score (nSPS) is 14.4. The van der Waals surface area contributed by atoms with Gasteiger partial charge < -0.3 is 5.32 Å². The number of aromatic nitrogens is 2. The average molecular weight is 306 g/mol. The fraction of sp³-hybridized carbons (Fsp3) is 0.357. The van der Waals surface area contributed by atoms with Gasteiger partial charge in [-0.2, -0.15) is 5.10 Å². The van der Waals surface area contributed by atoms with E-state index in [1.807, 2.05) is 31.3 Å². The van der Waals surface area contributed by atoms with Crippen LogP contribution in [0.5, 0.6) is 0 Å². The van der Waals surface area contributed by atoms with E-state index in [4.69, 9.17) is 0 Å². The number of hydrogen-bond acceptors (Lipinski definition) is 4. The van der Waals surface area contributed by atoms with Crippen molar-refractivity contribution in [3.63, 3.8) is 0 Å². The molecule has 3 rings (SSSR count). The molecular weight excluding hydrogens is 288 g/mol. The molecule has 0 fully saturated rings. The van der Waals surface area contributed by atoms with Crippen molar-refractivity contribution in [2.75, 3.05) is 24.4 Å². The van der Waals surface area contributed by atoms with Crippen LogP contribution < -0.4 is 9.62 Å². The maximum Gasteiger partial charge on any atom is 0.267 e. The van der Waals surface area contributed by atoms with Crippen LogP contribution in [0.15, 0.2) is 41.6 Å². The molecule has 21 heavy (non-hydrogen) atoms. The van der Waals surface area contributed by atoms with Gasteiger partial charge in [0.1, 0.15) is 4.90 Å². The number of rotatable bonds is 5. The first-order valence-electron chi connectivity index (χ1n) is 6.90. The zero-order valence-corrected chi connectivity index (χ0v) is 12.7. The third-order valence-electron chi connectivity index (χ3n) is 3.63. The van der Waals surface area contributed by atoms with Crippen LogP contribution in [-0.4, -0.2) is 38.3 Å². The van der Waals surface area contributed by atoms with E-state index >= 15 is 0 Å². The molecule has 1 aliphatic heterocycles. The second-order valence-corrected chi connectivity index (χ2v) is 6.86. The summed E-state index contributed by atoms with van der Waals surface area (Å²) < 4.78 is 28.6. The molecular formula is C14H18N4O2S. The molecule has 2 heterocycles. The first-order valence-corrected chi connectivity index (χ1v) is 8.34. The van der Waals surface area contributed by atoms with Gasteiger partial charge in [-0.1, -0.05) is 18.2 Å².